The van der Waals surface area contributed by atoms with E-state index in [4.69, 9.17) is 10.00 Å². The molecule has 0 heterocycles. The molecule has 0 saturated carbocycles. The number of ether oxygens (including phenoxy) is 1. The predicted molar refractivity (Wildman–Crippen MR) is 49.9 cm³/mol. The number of nitrogens with zero attached hydrogens (tertiary/aromatic N) is 1. The van der Waals surface area contributed by atoms with Crippen molar-refractivity contribution in [1.29, 1.82) is 5.26 Å². The van der Waals surface area contributed by atoms with Crippen LogP contribution in [0.1, 0.15) is 40.0 Å². The lowest BCUT2D eigenvalue weighted by Crippen LogP contribution is -2.20. The Kier molecular flexibility index (Phi) is 5.13. The van der Waals surface area contributed by atoms with Crippen molar-refractivity contribution in [1.82, 2.24) is 0 Å². The van der Waals surface area contributed by atoms with Crippen LogP contribution in [0.3, 0.4) is 0 Å². The van der Waals surface area contributed by atoms with Gasteiger partial charge >= 0.3 is 5.97 Å². The van der Waals surface area contributed by atoms with E-state index < -0.39 is 5.41 Å². The molecule has 0 aliphatic heterocycles. The molecule has 0 bridgehead atoms. The summed E-state index contributed by atoms with van der Waals surface area (Å²) in [6, 6.07) is 2.17. The van der Waals surface area contributed by atoms with E-state index in [0.717, 1.165) is 12.8 Å². The quantitative estimate of drug-likeness (QED) is 0.614. The van der Waals surface area contributed by atoms with Crippen molar-refractivity contribution < 1.29 is 9.53 Å². The number of carbonyl (C=O) groups is 1. The van der Waals surface area contributed by atoms with Gasteiger partial charge in [0.25, 0.3) is 0 Å². The molecule has 13 heavy (non-hydrogen) atoms. The van der Waals surface area contributed by atoms with Gasteiger partial charge in [-0.15, -0.1) is 0 Å². The third-order valence-electron chi connectivity index (χ3n) is 1.91. The van der Waals surface area contributed by atoms with Crippen LogP contribution in [0.5, 0.6) is 0 Å². The van der Waals surface area contributed by atoms with E-state index in [-0.39, 0.29) is 12.4 Å². The Morgan fingerprint density at radius 2 is 2.15 bits per heavy atom. The fraction of sp³-hybridized carbons (Fsp3) is 0.800. The van der Waals surface area contributed by atoms with E-state index in [1.165, 1.54) is 0 Å². The van der Waals surface area contributed by atoms with Gasteiger partial charge in [0.05, 0.1) is 24.5 Å². The van der Waals surface area contributed by atoms with Crippen molar-refractivity contribution in [2.24, 2.45) is 5.41 Å². The maximum Gasteiger partial charge on any atom is 0.307 e. The molecule has 0 aliphatic carbocycles. The van der Waals surface area contributed by atoms with E-state index in [9.17, 15) is 4.79 Å². The Hall–Kier alpha value is -1.04. The van der Waals surface area contributed by atoms with Crippen LogP contribution in [-0.2, 0) is 9.53 Å². The van der Waals surface area contributed by atoms with E-state index >= 15 is 0 Å². The van der Waals surface area contributed by atoms with E-state index in [1.807, 2.05) is 6.92 Å². The average Bonchev–Trinajstić information content (AvgIpc) is 2.05. The Morgan fingerprint density at radius 1 is 1.54 bits per heavy atom. The van der Waals surface area contributed by atoms with Gasteiger partial charge in [0, 0.05) is 0 Å². The minimum absolute atomic E-state index is 0.200. The third kappa shape index (κ3) is 4.51. The summed E-state index contributed by atoms with van der Waals surface area (Å²) in [5.41, 5.74) is -0.555. The topological polar surface area (TPSA) is 50.1 Å². The van der Waals surface area contributed by atoms with Gasteiger partial charge in [-0.1, -0.05) is 13.3 Å². The lowest BCUT2D eigenvalue weighted by molar-refractivity contribution is -0.145. The van der Waals surface area contributed by atoms with Gasteiger partial charge in [0.2, 0.25) is 0 Å². The summed E-state index contributed by atoms with van der Waals surface area (Å²) in [7, 11) is 0. The van der Waals surface area contributed by atoms with Gasteiger partial charge in [0.1, 0.15) is 0 Å². The van der Waals surface area contributed by atoms with Gasteiger partial charge in [-0.05, 0) is 20.3 Å². The highest BCUT2D eigenvalue weighted by Gasteiger charge is 2.26. The second-order valence-corrected chi connectivity index (χ2v) is 3.40. The Morgan fingerprint density at radius 3 is 2.54 bits per heavy atom. The second-order valence-electron chi connectivity index (χ2n) is 3.40. The van der Waals surface area contributed by atoms with E-state index in [0.29, 0.717) is 6.61 Å². The lowest BCUT2D eigenvalue weighted by atomic mass is 9.84. The molecule has 0 aromatic heterocycles. The zero-order valence-corrected chi connectivity index (χ0v) is 8.59. The summed E-state index contributed by atoms with van der Waals surface area (Å²) in [6.45, 7) is 5.95. The highest BCUT2D eigenvalue weighted by atomic mass is 16.5. The number of rotatable bonds is 5. The molecule has 0 radical (unpaired) electrons. The minimum atomic E-state index is -0.555. The van der Waals surface area contributed by atoms with Gasteiger partial charge in [0.15, 0.2) is 0 Å². The molecule has 3 heteroatoms. The van der Waals surface area contributed by atoms with Crippen LogP contribution in [0.25, 0.3) is 0 Å². The maximum absolute atomic E-state index is 11.1. The lowest BCUT2D eigenvalue weighted by Gasteiger charge is -2.18. The van der Waals surface area contributed by atoms with Gasteiger partial charge in [-0.3, -0.25) is 4.79 Å². The smallest absolute Gasteiger partial charge is 0.307 e. The molecule has 1 unspecified atom stereocenters. The van der Waals surface area contributed by atoms with Gasteiger partial charge < -0.3 is 4.74 Å². The van der Waals surface area contributed by atoms with Gasteiger partial charge in [-0.25, -0.2) is 0 Å². The molecule has 0 spiro atoms. The minimum Gasteiger partial charge on any atom is -0.466 e. The zero-order chi connectivity index (χ0) is 10.3. The summed E-state index contributed by atoms with van der Waals surface area (Å²) >= 11 is 0. The average molecular weight is 183 g/mol. The number of nitriles is 1. The zero-order valence-electron chi connectivity index (χ0n) is 8.59. The molecule has 0 aliphatic rings. The summed E-state index contributed by atoms with van der Waals surface area (Å²) in [4.78, 5) is 11.1. The van der Waals surface area contributed by atoms with Crippen molar-refractivity contribution in [2.75, 3.05) is 6.61 Å². The van der Waals surface area contributed by atoms with E-state index in [1.54, 1.807) is 13.8 Å². The largest absolute Gasteiger partial charge is 0.466 e. The first-order valence-electron chi connectivity index (χ1n) is 4.65. The number of hydrogen-bond acceptors (Lipinski definition) is 3. The Labute approximate surface area is 79.7 Å². The number of hydrogen-bond donors (Lipinski definition) is 0. The first kappa shape index (κ1) is 12.0. The summed E-state index contributed by atoms with van der Waals surface area (Å²) in [6.07, 6.45) is 1.84. The highest BCUT2D eigenvalue weighted by molar-refractivity contribution is 5.70. The van der Waals surface area contributed by atoms with Crippen LogP contribution in [0.4, 0.5) is 0 Å². The van der Waals surface area contributed by atoms with Crippen molar-refractivity contribution in [3.63, 3.8) is 0 Å². The monoisotopic (exact) mass is 183 g/mol. The summed E-state index contributed by atoms with van der Waals surface area (Å²) in [5.74, 6) is -0.278. The van der Waals surface area contributed by atoms with Crippen LogP contribution in [-0.4, -0.2) is 12.6 Å². The van der Waals surface area contributed by atoms with Crippen LogP contribution >= 0.6 is 0 Å². The highest BCUT2D eigenvalue weighted by Crippen LogP contribution is 2.26. The van der Waals surface area contributed by atoms with Crippen molar-refractivity contribution in [2.45, 2.75) is 40.0 Å². The normalized spacial score (nSPS) is 14.3. The fourth-order valence-electron chi connectivity index (χ4n) is 1.27. The van der Waals surface area contributed by atoms with Gasteiger partial charge in [-0.2, -0.15) is 5.26 Å². The summed E-state index contributed by atoms with van der Waals surface area (Å²) in [5, 5.41) is 8.88. The van der Waals surface area contributed by atoms with Crippen LogP contribution in [0.15, 0.2) is 0 Å². The summed E-state index contributed by atoms with van der Waals surface area (Å²) < 4.78 is 4.80. The predicted octanol–water partition coefficient (Wildman–Crippen LogP) is 2.27. The second kappa shape index (κ2) is 5.58. The molecule has 0 N–H and O–H groups in total. The third-order valence-corrected chi connectivity index (χ3v) is 1.91. The van der Waals surface area contributed by atoms with Crippen LogP contribution in [0.2, 0.25) is 0 Å². The standard InChI is InChI=1S/C10H17NO2/c1-4-6-10(3,8-11)7-9(12)13-5-2/h4-7H2,1-3H3. The fourth-order valence-corrected chi connectivity index (χ4v) is 1.27. The molecule has 0 saturated heterocycles. The first-order valence-corrected chi connectivity index (χ1v) is 4.65. The SMILES string of the molecule is CCCC(C)(C#N)CC(=O)OCC. The molecular weight excluding hydrogens is 166 g/mol. The molecule has 0 aromatic rings. The Balaban J connectivity index is 4.12. The van der Waals surface area contributed by atoms with Crippen LogP contribution in [0, 0.1) is 16.7 Å². The number of carbonyl (C=O) groups excluding carboxylic acids is 1. The molecule has 1 atom stereocenters. The maximum atomic E-state index is 11.1. The molecule has 0 rings (SSSR count). The van der Waals surface area contributed by atoms with Crippen LogP contribution < -0.4 is 0 Å². The van der Waals surface area contributed by atoms with Crippen molar-refractivity contribution in [3.8, 4) is 6.07 Å². The molecular formula is C10H17NO2. The van der Waals surface area contributed by atoms with Crippen molar-refractivity contribution >= 4 is 5.97 Å². The molecule has 0 aromatic carbocycles. The molecule has 74 valence electrons. The van der Waals surface area contributed by atoms with Crippen molar-refractivity contribution in [3.05, 3.63) is 0 Å². The van der Waals surface area contributed by atoms with E-state index in [2.05, 4.69) is 6.07 Å². The molecule has 0 amide bonds. The molecule has 3 nitrogen and oxygen atoms in total. The Bertz CT molecular complexity index is 207. The molecule has 0 fully saturated rings. The number of esters is 1. The first-order chi connectivity index (χ1) is 6.08.